The number of Topliss-reactive ketones (excluding diaryl/α,β-unsaturated/α-hetero) is 1. The normalized spacial score (nSPS) is 19.8. The largest absolute Gasteiger partial charge is 0.462 e. The van der Waals surface area contributed by atoms with E-state index in [9.17, 15) is 14.4 Å². The van der Waals surface area contributed by atoms with Crippen molar-refractivity contribution in [2.45, 2.75) is 57.2 Å². The van der Waals surface area contributed by atoms with Crippen molar-refractivity contribution in [1.29, 1.82) is 0 Å². The Hall–Kier alpha value is -1.21. The number of rotatable bonds is 6. The minimum absolute atomic E-state index is 0.0232. The van der Waals surface area contributed by atoms with E-state index in [2.05, 4.69) is 28.2 Å². The van der Waals surface area contributed by atoms with Crippen molar-refractivity contribution in [2.24, 2.45) is 0 Å². The van der Waals surface area contributed by atoms with E-state index in [1.807, 2.05) is 0 Å². The smallest absolute Gasteiger partial charge is 0.341 e. The maximum atomic E-state index is 12.6. The zero-order valence-electron chi connectivity index (χ0n) is 14.1. The third kappa shape index (κ3) is 3.88. The molecule has 0 spiro atoms. The van der Waals surface area contributed by atoms with Gasteiger partial charge >= 0.3 is 5.97 Å². The molecule has 0 aromatic carbocycles. The Morgan fingerprint density at radius 2 is 2.08 bits per heavy atom. The number of esters is 1. The van der Waals surface area contributed by atoms with E-state index in [1.54, 1.807) is 6.92 Å². The summed E-state index contributed by atoms with van der Waals surface area (Å²) in [6.07, 6.45) is 3.63. The first-order valence-electron chi connectivity index (χ1n) is 8.20. The molecule has 0 fully saturated rings. The van der Waals surface area contributed by atoms with E-state index in [-0.39, 0.29) is 29.0 Å². The van der Waals surface area contributed by atoms with Crippen molar-refractivity contribution in [2.75, 3.05) is 11.9 Å². The molecule has 0 bridgehead atoms. The molecule has 1 aromatic rings. The highest BCUT2D eigenvalue weighted by Crippen LogP contribution is 2.47. The second kappa shape index (κ2) is 8.25. The Bertz CT molecular complexity index is 655. The Labute approximate surface area is 154 Å². The van der Waals surface area contributed by atoms with Crippen LogP contribution in [0.15, 0.2) is 0 Å². The highest BCUT2D eigenvalue weighted by molar-refractivity contribution is 9.10. The molecule has 1 heterocycles. The number of hydrogen-bond donors (Lipinski definition) is 1. The van der Waals surface area contributed by atoms with Crippen LogP contribution in [0.1, 0.15) is 78.0 Å². The summed E-state index contributed by atoms with van der Waals surface area (Å²) in [7, 11) is 0. The first-order chi connectivity index (χ1) is 11.4. The summed E-state index contributed by atoms with van der Waals surface area (Å²) in [4.78, 5) is 36.9. The number of ketones is 1. The summed E-state index contributed by atoms with van der Waals surface area (Å²) in [5.74, 6) is -0.654. The molecule has 1 aliphatic carbocycles. The van der Waals surface area contributed by atoms with Crippen LogP contribution in [0.4, 0.5) is 5.00 Å². The van der Waals surface area contributed by atoms with E-state index < -0.39 is 5.97 Å². The number of nitrogens with one attached hydrogen (secondary N) is 1. The molecule has 2 atom stereocenters. The number of unbranched alkanes of at least 4 members (excludes halogenated alkanes) is 1. The molecule has 0 aliphatic heterocycles. The lowest BCUT2D eigenvalue weighted by Gasteiger charge is -2.26. The second-order valence-electron chi connectivity index (χ2n) is 5.86. The molecule has 0 saturated carbocycles. The summed E-state index contributed by atoms with van der Waals surface area (Å²) in [5.41, 5.74) is 1.12. The number of ether oxygens (including phenoxy) is 1. The maximum absolute atomic E-state index is 12.6. The predicted molar refractivity (Wildman–Crippen MR) is 98.5 cm³/mol. The number of fused-ring (bicyclic) bond motifs is 1. The number of alkyl halides is 1. The third-order valence-corrected chi connectivity index (χ3v) is 5.95. The predicted octanol–water partition coefficient (Wildman–Crippen LogP) is 4.51. The Morgan fingerprint density at radius 1 is 1.38 bits per heavy atom. The fraction of sp³-hybridized carbons (Fsp3) is 0.588. The number of thiophene rings is 1. The first kappa shape index (κ1) is 19.1. The van der Waals surface area contributed by atoms with Gasteiger partial charge in [0.05, 0.1) is 21.9 Å². The molecular weight excluding hydrogens is 394 g/mol. The average Bonchev–Trinajstić information content (AvgIpc) is 2.88. The van der Waals surface area contributed by atoms with Crippen LogP contribution < -0.4 is 5.32 Å². The summed E-state index contributed by atoms with van der Waals surface area (Å²) in [6, 6.07) is 0. The lowest BCUT2D eigenvalue weighted by atomic mass is 9.81. The lowest BCUT2D eigenvalue weighted by Crippen LogP contribution is -2.26. The van der Waals surface area contributed by atoms with Crippen LogP contribution in [-0.2, 0) is 9.53 Å². The Morgan fingerprint density at radius 3 is 2.67 bits per heavy atom. The van der Waals surface area contributed by atoms with Gasteiger partial charge in [-0.2, -0.15) is 0 Å². The minimum atomic E-state index is -0.471. The molecule has 1 N–H and O–H groups in total. The second-order valence-corrected chi connectivity index (χ2v) is 7.98. The molecule has 7 heteroatoms. The number of hydrogen-bond acceptors (Lipinski definition) is 5. The van der Waals surface area contributed by atoms with Gasteiger partial charge in [0.15, 0.2) is 5.78 Å². The van der Waals surface area contributed by atoms with Gasteiger partial charge in [0, 0.05) is 6.92 Å². The molecule has 132 valence electrons. The van der Waals surface area contributed by atoms with Gasteiger partial charge in [0.25, 0.3) is 0 Å². The van der Waals surface area contributed by atoms with Crippen LogP contribution >= 0.6 is 27.3 Å². The van der Waals surface area contributed by atoms with Gasteiger partial charge in [-0.15, -0.1) is 11.3 Å². The summed E-state index contributed by atoms with van der Waals surface area (Å²) in [5, 5.41) is 3.11. The van der Waals surface area contributed by atoms with Crippen molar-refractivity contribution >= 4 is 49.9 Å². The van der Waals surface area contributed by atoms with E-state index >= 15 is 0 Å². The quantitative estimate of drug-likeness (QED) is 0.547. The lowest BCUT2D eigenvalue weighted by molar-refractivity contribution is -0.114. The van der Waals surface area contributed by atoms with Crippen LogP contribution in [0.2, 0.25) is 0 Å². The molecule has 0 saturated heterocycles. The third-order valence-electron chi connectivity index (χ3n) is 4.03. The average molecular weight is 416 g/mol. The molecule has 24 heavy (non-hydrogen) atoms. The van der Waals surface area contributed by atoms with Crippen molar-refractivity contribution in [3.8, 4) is 0 Å². The Kier molecular flexibility index (Phi) is 6.57. The standard InChI is InChI=1S/C17H22BrNO4S/c1-4-6-7-10-8-11(18)14(21)15-12(10)13(17(22)23-5-2)16(24-15)19-9(3)20/h10-11H,4-8H2,1-3H3,(H,19,20). The summed E-state index contributed by atoms with van der Waals surface area (Å²) in [6.45, 7) is 5.49. The monoisotopic (exact) mass is 415 g/mol. The number of amides is 1. The first-order valence-corrected chi connectivity index (χ1v) is 9.93. The Balaban J connectivity index is 2.57. The topological polar surface area (TPSA) is 72.5 Å². The van der Waals surface area contributed by atoms with Gasteiger partial charge in [-0.05, 0) is 31.2 Å². The summed E-state index contributed by atoms with van der Waals surface area (Å²) >= 11 is 4.64. The van der Waals surface area contributed by atoms with Crippen molar-refractivity contribution in [1.82, 2.24) is 0 Å². The zero-order valence-corrected chi connectivity index (χ0v) is 16.5. The zero-order chi connectivity index (χ0) is 17.9. The highest BCUT2D eigenvalue weighted by Gasteiger charge is 2.39. The van der Waals surface area contributed by atoms with Gasteiger partial charge in [-0.1, -0.05) is 35.7 Å². The van der Waals surface area contributed by atoms with E-state index in [4.69, 9.17) is 4.74 Å². The fourth-order valence-electron chi connectivity index (χ4n) is 3.00. The van der Waals surface area contributed by atoms with E-state index in [0.717, 1.165) is 24.8 Å². The number of carbonyl (C=O) groups is 3. The molecule has 2 rings (SSSR count). The number of anilines is 1. The van der Waals surface area contributed by atoms with Crippen LogP contribution in [-0.4, -0.2) is 29.1 Å². The number of carbonyl (C=O) groups excluding carboxylic acids is 3. The SMILES string of the molecule is CCCCC1CC(Br)C(=O)c2sc(NC(C)=O)c(C(=O)OCC)c21. The molecule has 0 radical (unpaired) electrons. The van der Waals surface area contributed by atoms with E-state index in [1.165, 1.54) is 18.3 Å². The van der Waals surface area contributed by atoms with Crippen molar-refractivity contribution in [3.05, 3.63) is 16.0 Å². The van der Waals surface area contributed by atoms with Gasteiger partial charge < -0.3 is 10.1 Å². The summed E-state index contributed by atoms with van der Waals surface area (Å²) < 4.78 is 5.18. The van der Waals surface area contributed by atoms with E-state index in [0.29, 0.717) is 21.9 Å². The molecule has 1 aliphatic rings. The van der Waals surface area contributed by atoms with Crippen molar-refractivity contribution in [3.63, 3.8) is 0 Å². The van der Waals surface area contributed by atoms with Crippen LogP contribution in [0.5, 0.6) is 0 Å². The van der Waals surface area contributed by atoms with Crippen molar-refractivity contribution < 1.29 is 19.1 Å². The van der Waals surface area contributed by atoms with Gasteiger partial charge in [0.2, 0.25) is 5.91 Å². The molecule has 5 nitrogen and oxygen atoms in total. The number of halogens is 1. The van der Waals surface area contributed by atoms with Crippen LogP contribution in [0.25, 0.3) is 0 Å². The van der Waals surface area contributed by atoms with Gasteiger partial charge in [-0.25, -0.2) is 4.79 Å². The molecule has 1 amide bonds. The molecular formula is C17H22BrNO4S. The van der Waals surface area contributed by atoms with Gasteiger partial charge in [-0.3, -0.25) is 9.59 Å². The van der Waals surface area contributed by atoms with Crippen LogP contribution in [0, 0.1) is 0 Å². The van der Waals surface area contributed by atoms with Gasteiger partial charge in [0.1, 0.15) is 5.00 Å². The minimum Gasteiger partial charge on any atom is -0.462 e. The molecule has 2 unspecified atom stereocenters. The maximum Gasteiger partial charge on any atom is 0.341 e. The molecule has 1 aromatic heterocycles. The fourth-order valence-corrected chi connectivity index (χ4v) is 5.15. The van der Waals surface area contributed by atoms with Crippen LogP contribution in [0.3, 0.4) is 0 Å². The highest BCUT2D eigenvalue weighted by atomic mass is 79.9.